The largest absolute Gasteiger partial charge is 0.306 e. The van der Waals surface area contributed by atoms with Gasteiger partial charge in [0.15, 0.2) is 11.1 Å². The molecule has 3 aromatic rings. The van der Waals surface area contributed by atoms with Crippen LogP contribution in [0.1, 0.15) is 5.56 Å². The molecule has 1 unspecified atom stereocenters. The molecule has 0 amide bonds. The normalized spacial score (nSPS) is 12.2. The minimum Gasteiger partial charge on any atom is -0.306 e. The molecule has 1 atom stereocenters. The summed E-state index contributed by atoms with van der Waals surface area (Å²) in [6, 6.07) is 10.5. The van der Waals surface area contributed by atoms with Crippen LogP contribution < -0.4 is 0 Å². The predicted molar refractivity (Wildman–Crippen MR) is 89.5 cm³/mol. The van der Waals surface area contributed by atoms with Crippen LogP contribution in [0.5, 0.6) is 0 Å². The van der Waals surface area contributed by atoms with E-state index in [1.54, 1.807) is 18.2 Å². The molecule has 3 rings (SSSR count). The number of hydrogen-bond donors (Lipinski definition) is 1. The van der Waals surface area contributed by atoms with Gasteiger partial charge in [0.1, 0.15) is 17.5 Å². The quantitative estimate of drug-likeness (QED) is 0.692. The van der Waals surface area contributed by atoms with Crippen molar-refractivity contribution in [2.45, 2.75) is 5.75 Å². The zero-order chi connectivity index (χ0) is 18.0. The summed E-state index contributed by atoms with van der Waals surface area (Å²) in [5.41, 5.74) is 1.56. The van der Waals surface area contributed by atoms with Crippen molar-refractivity contribution >= 4 is 11.1 Å². The molecule has 0 aliphatic rings. The first-order chi connectivity index (χ1) is 11.9. The second-order valence-electron chi connectivity index (χ2n) is 5.33. The van der Waals surface area contributed by atoms with Crippen LogP contribution in [-0.2, 0) is 16.8 Å². The lowest BCUT2D eigenvalue weighted by Gasteiger charge is -2.10. The zero-order valence-electron chi connectivity index (χ0n) is 12.7. The first kappa shape index (κ1) is 17.3. The van der Waals surface area contributed by atoms with E-state index in [9.17, 15) is 17.4 Å². The summed E-state index contributed by atoms with van der Waals surface area (Å²) in [4.78, 5) is 4.20. The van der Waals surface area contributed by atoms with E-state index in [0.717, 1.165) is 6.07 Å². The molecule has 25 heavy (non-hydrogen) atoms. The van der Waals surface area contributed by atoms with Crippen LogP contribution in [0.2, 0.25) is 0 Å². The van der Waals surface area contributed by atoms with E-state index >= 15 is 0 Å². The second-order valence-corrected chi connectivity index (χ2v) is 6.26. The molecule has 0 saturated heterocycles. The van der Waals surface area contributed by atoms with Gasteiger partial charge in [-0.15, -0.1) is 0 Å². The Balaban J connectivity index is 2.10. The smallest absolute Gasteiger partial charge is 0.157 e. The fraction of sp³-hybridized carbons (Fsp3) is 0.0556. The van der Waals surface area contributed by atoms with Crippen LogP contribution in [0.25, 0.3) is 22.4 Å². The van der Waals surface area contributed by atoms with Crippen molar-refractivity contribution in [3.8, 4) is 22.4 Å². The van der Waals surface area contributed by atoms with E-state index in [2.05, 4.69) is 4.98 Å². The third kappa shape index (κ3) is 3.94. The van der Waals surface area contributed by atoms with Gasteiger partial charge in [-0.2, -0.15) is 0 Å². The topological polar surface area (TPSA) is 50.2 Å². The number of pyridine rings is 1. The van der Waals surface area contributed by atoms with Gasteiger partial charge in [0, 0.05) is 29.0 Å². The van der Waals surface area contributed by atoms with E-state index in [1.807, 2.05) is 0 Å². The van der Waals surface area contributed by atoms with Crippen LogP contribution in [0, 0.1) is 17.5 Å². The van der Waals surface area contributed by atoms with Crippen molar-refractivity contribution in [3.05, 3.63) is 77.7 Å². The van der Waals surface area contributed by atoms with Gasteiger partial charge in [-0.25, -0.2) is 17.4 Å². The van der Waals surface area contributed by atoms with Gasteiger partial charge in [-0.05, 0) is 29.8 Å². The van der Waals surface area contributed by atoms with Crippen LogP contribution in [0.4, 0.5) is 13.2 Å². The molecular weight excluding hydrogens is 351 g/mol. The van der Waals surface area contributed by atoms with E-state index in [0.29, 0.717) is 16.8 Å². The van der Waals surface area contributed by atoms with Gasteiger partial charge in [-0.3, -0.25) is 4.98 Å². The third-order valence-electron chi connectivity index (χ3n) is 3.59. The maximum Gasteiger partial charge on any atom is 0.157 e. The van der Waals surface area contributed by atoms with Gasteiger partial charge in [-0.1, -0.05) is 18.2 Å². The molecule has 0 bridgehead atoms. The van der Waals surface area contributed by atoms with Crippen molar-refractivity contribution in [2.24, 2.45) is 0 Å². The average Bonchev–Trinajstić information content (AvgIpc) is 2.55. The first-order valence-electron chi connectivity index (χ1n) is 7.22. The van der Waals surface area contributed by atoms with Crippen molar-refractivity contribution in [1.82, 2.24) is 4.98 Å². The summed E-state index contributed by atoms with van der Waals surface area (Å²) in [7, 11) is 0. The Bertz CT molecular complexity index is 943. The Morgan fingerprint density at radius 3 is 2.32 bits per heavy atom. The molecule has 1 heterocycles. The number of hydrogen-bond acceptors (Lipinski definition) is 2. The molecule has 0 fully saturated rings. The predicted octanol–water partition coefficient (Wildman–Crippen LogP) is 4.55. The minimum absolute atomic E-state index is 0.0962. The number of halogens is 3. The molecule has 1 N–H and O–H groups in total. The Labute approximate surface area is 144 Å². The SMILES string of the molecule is O=S(O)Cc1ccc(-c2ncccc2-c2cc(F)cc(F)c2)cc1F. The van der Waals surface area contributed by atoms with E-state index in [4.69, 9.17) is 4.55 Å². The summed E-state index contributed by atoms with van der Waals surface area (Å²) in [5, 5.41) is 0. The number of aromatic nitrogens is 1. The minimum atomic E-state index is -2.16. The van der Waals surface area contributed by atoms with Gasteiger partial charge < -0.3 is 4.55 Å². The van der Waals surface area contributed by atoms with Crippen LogP contribution in [0.15, 0.2) is 54.7 Å². The lowest BCUT2D eigenvalue weighted by atomic mass is 9.98. The highest BCUT2D eigenvalue weighted by molar-refractivity contribution is 7.78. The molecule has 1 aromatic heterocycles. The van der Waals surface area contributed by atoms with E-state index < -0.39 is 28.5 Å². The maximum absolute atomic E-state index is 14.2. The fourth-order valence-corrected chi connectivity index (χ4v) is 3.02. The lowest BCUT2D eigenvalue weighted by Crippen LogP contribution is -1.98. The zero-order valence-corrected chi connectivity index (χ0v) is 13.6. The van der Waals surface area contributed by atoms with Gasteiger partial charge in [0.05, 0.1) is 11.4 Å². The average molecular weight is 363 g/mol. The standard InChI is InChI=1S/C18H12F3NO2S/c19-14-6-13(7-15(20)9-14)16-2-1-5-22-18(16)11-3-4-12(10-25(23)24)17(21)8-11/h1-9H,10H2,(H,23,24). The van der Waals surface area contributed by atoms with Crippen molar-refractivity contribution < 1.29 is 21.9 Å². The van der Waals surface area contributed by atoms with Gasteiger partial charge in [0.25, 0.3) is 0 Å². The maximum atomic E-state index is 14.2. The van der Waals surface area contributed by atoms with Crippen LogP contribution in [-0.4, -0.2) is 13.7 Å². The molecule has 0 aliphatic carbocycles. The molecule has 128 valence electrons. The molecule has 0 spiro atoms. The highest BCUT2D eigenvalue weighted by atomic mass is 32.2. The second kappa shape index (κ2) is 7.16. The fourth-order valence-electron chi connectivity index (χ4n) is 2.52. The third-order valence-corrected chi connectivity index (χ3v) is 4.14. The van der Waals surface area contributed by atoms with Crippen molar-refractivity contribution in [2.75, 3.05) is 0 Å². The summed E-state index contributed by atoms with van der Waals surface area (Å²) < 4.78 is 60.9. The molecule has 0 saturated carbocycles. The summed E-state index contributed by atoms with van der Waals surface area (Å²) in [6.07, 6.45) is 1.49. The molecule has 3 nitrogen and oxygen atoms in total. The Hall–Kier alpha value is -2.51. The van der Waals surface area contributed by atoms with Crippen molar-refractivity contribution in [3.63, 3.8) is 0 Å². The summed E-state index contributed by atoms with van der Waals surface area (Å²) in [6.45, 7) is 0. The monoisotopic (exact) mass is 363 g/mol. The Kier molecular flexibility index (Phi) is 4.96. The highest BCUT2D eigenvalue weighted by Crippen LogP contribution is 2.32. The number of benzene rings is 2. The molecule has 0 aliphatic heterocycles. The summed E-state index contributed by atoms with van der Waals surface area (Å²) >= 11 is -2.16. The van der Waals surface area contributed by atoms with Gasteiger partial charge >= 0.3 is 0 Å². The Morgan fingerprint density at radius 2 is 1.68 bits per heavy atom. The van der Waals surface area contributed by atoms with Gasteiger partial charge in [0.2, 0.25) is 0 Å². The van der Waals surface area contributed by atoms with Crippen LogP contribution in [0.3, 0.4) is 0 Å². The number of rotatable bonds is 4. The molecule has 0 radical (unpaired) electrons. The summed E-state index contributed by atoms with van der Waals surface area (Å²) in [5.74, 6) is -2.42. The van der Waals surface area contributed by atoms with Crippen LogP contribution >= 0.6 is 0 Å². The van der Waals surface area contributed by atoms with E-state index in [1.165, 1.54) is 30.5 Å². The molecule has 2 aromatic carbocycles. The molecule has 7 heteroatoms. The van der Waals surface area contributed by atoms with E-state index in [-0.39, 0.29) is 16.9 Å². The molecular formula is C18H12F3NO2S. The number of nitrogens with zero attached hydrogens (tertiary/aromatic N) is 1. The first-order valence-corrected chi connectivity index (χ1v) is 8.49. The lowest BCUT2D eigenvalue weighted by molar-refractivity contribution is 0.559. The van der Waals surface area contributed by atoms with Crippen molar-refractivity contribution in [1.29, 1.82) is 0 Å². The highest BCUT2D eigenvalue weighted by Gasteiger charge is 2.13. The Morgan fingerprint density at radius 1 is 0.960 bits per heavy atom.